The Labute approximate surface area is 545 Å². The number of fused-ring (bicyclic) bond motifs is 12. The van der Waals surface area contributed by atoms with E-state index in [-0.39, 0.29) is 39.5 Å². The van der Waals surface area contributed by atoms with E-state index in [0.717, 1.165) is 84.0 Å². The number of pyridine rings is 1. The fourth-order valence-electron chi connectivity index (χ4n) is 9.20. The Bertz CT molecular complexity index is 4000. The topological polar surface area (TPSA) is 188 Å². The second kappa shape index (κ2) is 29.3. The molecule has 3 aliphatic rings. The zero-order valence-corrected chi connectivity index (χ0v) is 57.7. The van der Waals surface area contributed by atoms with Crippen LogP contribution < -0.4 is 0 Å². The summed E-state index contributed by atoms with van der Waals surface area (Å²) in [7, 11) is 1.82. The summed E-state index contributed by atoms with van der Waals surface area (Å²) in [6, 6.07) is 18.4. The second-order valence-corrected chi connectivity index (χ2v) is 31.2. The van der Waals surface area contributed by atoms with Crippen molar-refractivity contribution in [2.45, 2.75) is 133 Å². The van der Waals surface area contributed by atoms with Crippen LogP contribution in [0.2, 0.25) is 0 Å². The first kappa shape index (κ1) is 66.5. The van der Waals surface area contributed by atoms with Gasteiger partial charge in [0.2, 0.25) is 5.91 Å². The van der Waals surface area contributed by atoms with Crippen LogP contribution in [-0.2, 0) is 57.7 Å². The molecule has 0 saturated carbocycles. The molecule has 21 heteroatoms. The number of nitrogens with zero attached hydrogens (tertiary/aromatic N) is 10. The van der Waals surface area contributed by atoms with Crippen molar-refractivity contribution in [3.63, 3.8) is 0 Å². The maximum absolute atomic E-state index is 12.0. The molecule has 0 bridgehead atoms. The number of carbonyl (C=O) groups is 4. The van der Waals surface area contributed by atoms with Gasteiger partial charge in [0.15, 0.2) is 20.6 Å². The van der Waals surface area contributed by atoms with E-state index in [0.29, 0.717) is 43.6 Å². The third kappa shape index (κ3) is 16.7. The van der Waals surface area contributed by atoms with E-state index in [9.17, 15) is 19.2 Å². The van der Waals surface area contributed by atoms with Crippen LogP contribution in [0.25, 0.3) is 55.6 Å². The summed E-state index contributed by atoms with van der Waals surface area (Å²) in [5, 5.41) is 8.99. The van der Waals surface area contributed by atoms with Gasteiger partial charge in [0.05, 0.1) is 55.3 Å². The van der Waals surface area contributed by atoms with Crippen LogP contribution in [0.1, 0.15) is 102 Å². The fraction of sp³-hybridized carbons (Fsp3) is 0.388. The number of ketones is 3. The van der Waals surface area contributed by atoms with Gasteiger partial charge in [-0.05, 0) is 102 Å². The molecule has 0 saturated heterocycles. The molecule has 7 heterocycles. The average Bonchev–Trinajstić information content (AvgIpc) is 3.41. The Morgan fingerprint density at radius 3 is 1.58 bits per heavy atom. The number of hydrogen-bond acceptors (Lipinski definition) is 20. The Balaban J connectivity index is 0.000000140. The van der Waals surface area contributed by atoms with E-state index in [1.54, 1.807) is 51.7 Å². The number of aryl methyl sites for hydroxylation is 6. The molecule has 0 unspecified atom stereocenters. The van der Waals surface area contributed by atoms with E-state index in [1.807, 2.05) is 125 Å². The van der Waals surface area contributed by atoms with Crippen molar-refractivity contribution in [2.24, 2.45) is 16.2 Å². The lowest BCUT2D eigenvalue weighted by atomic mass is 9.90. The number of para-hydroxylation sites is 1. The lowest BCUT2D eigenvalue weighted by molar-refractivity contribution is -0.127. The first-order chi connectivity index (χ1) is 42.0. The smallest absolute Gasteiger partial charge is 0.232 e. The quantitative estimate of drug-likeness (QED) is 0.0567. The van der Waals surface area contributed by atoms with Crippen molar-refractivity contribution in [1.29, 1.82) is 0 Å². The second-order valence-electron chi connectivity index (χ2n) is 24.4. The normalized spacial score (nSPS) is 12.9. The van der Waals surface area contributed by atoms with Gasteiger partial charge in [-0.15, -0.1) is 34.4 Å². The van der Waals surface area contributed by atoms with Gasteiger partial charge in [-0.2, -0.15) is 0 Å². The van der Waals surface area contributed by atoms with E-state index in [4.69, 9.17) is 9.97 Å². The van der Waals surface area contributed by atoms with Crippen molar-refractivity contribution < 1.29 is 19.2 Å². The van der Waals surface area contributed by atoms with Crippen LogP contribution in [0.3, 0.4) is 0 Å². The van der Waals surface area contributed by atoms with E-state index in [2.05, 4.69) is 76.2 Å². The van der Waals surface area contributed by atoms with Crippen molar-refractivity contribution in [1.82, 2.24) is 49.8 Å². The third-order valence-electron chi connectivity index (χ3n) is 15.0. The molecule has 0 atom stereocenters. The number of carbonyl (C=O) groups excluding carboxylic acids is 4. The predicted molar refractivity (Wildman–Crippen MR) is 367 cm³/mol. The molecule has 3 aliphatic carbocycles. The Morgan fingerprint density at radius 2 is 0.989 bits per heavy atom. The van der Waals surface area contributed by atoms with Crippen molar-refractivity contribution in [3.05, 3.63) is 129 Å². The summed E-state index contributed by atoms with van der Waals surface area (Å²) in [6.45, 7) is 20.1. The van der Waals surface area contributed by atoms with Crippen molar-refractivity contribution in [3.8, 4) is 33.8 Å². The molecular formula is C67H74N10O4S7. The van der Waals surface area contributed by atoms with Gasteiger partial charge < -0.3 is 4.90 Å². The molecule has 12 rings (SSSR count). The van der Waals surface area contributed by atoms with Crippen LogP contribution in [0.4, 0.5) is 0 Å². The molecule has 2 aromatic carbocycles. The molecule has 88 heavy (non-hydrogen) atoms. The lowest BCUT2D eigenvalue weighted by Crippen LogP contribution is -2.27. The number of hydrogen-bond donors (Lipinski definition) is 0. The Morgan fingerprint density at radius 1 is 0.511 bits per heavy atom. The largest absolute Gasteiger partial charge is 0.345 e. The summed E-state index contributed by atoms with van der Waals surface area (Å²) in [6.07, 6.45) is 17.6. The number of Topliss-reactive ketones (excluding diaryl/α,β-unsaturated/α-hetero) is 3. The summed E-state index contributed by atoms with van der Waals surface area (Å²) in [5.74, 6) is 2.38. The summed E-state index contributed by atoms with van der Waals surface area (Å²) < 4.78 is 1.32. The number of thioether (sulfide) groups is 5. The fourth-order valence-corrected chi connectivity index (χ4v) is 15.6. The monoisotopic (exact) mass is 1310 g/mol. The van der Waals surface area contributed by atoms with Gasteiger partial charge in [-0.25, -0.2) is 39.9 Å². The van der Waals surface area contributed by atoms with Gasteiger partial charge in [0.25, 0.3) is 0 Å². The number of amides is 1. The van der Waals surface area contributed by atoms with Gasteiger partial charge in [0.1, 0.15) is 17.3 Å². The lowest BCUT2D eigenvalue weighted by Gasteiger charge is -2.19. The maximum Gasteiger partial charge on any atom is 0.232 e. The van der Waals surface area contributed by atoms with E-state index in [1.165, 1.54) is 101 Å². The van der Waals surface area contributed by atoms with Crippen LogP contribution in [0.15, 0.2) is 121 Å². The van der Waals surface area contributed by atoms with Crippen LogP contribution in [-0.4, -0.2) is 116 Å². The molecule has 458 valence electrons. The highest BCUT2D eigenvalue weighted by atomic mass is 32.2. The SMILES string of the molecule is CC(C)(C)C(=O)CSc1ncc2c(n1)-c1ccccc1CC2.CC(C)(C)C(=O)CSc1ncc2c(n1)-c1ccsc1CC2.CC(C)(C)C(=O)CSc1ncc2cnc3ccccc3c2n1.CCN(C)C(=O)CSc1ncc2c(n1)-c1c(csc1SC)CC2. The first-order valence-electron chi connectivity index (χ1n) is 29.2. The molecule has 0 N–H and O–H groups in total. The number of benzene rings is 2. The van der Waals surface area contributed by atoms with E-state index >= 15 is 0 Å². The Hall–Kier alpha value is -5.94. The molecule has 0 fully saturated rings. The van der Waals surface area contributed by atoms with Gasteiger partial charge in [0, 0.05) is 93.2 Å². The summed E-state index contributed by atoms with van der Waals surface area (Å²) >= 11 is 11.0. The molecule has 7 aromatic heterocycles. The molecule has 0 radical (unpaired) electrons. The maximum atomic E-state index is 12.0. The van der Waals surface area contributed by atoms with Gasteiger partial charge in [-0.1, -0.05) is 152 Å². The Kier molecular flexibility index (Phi) is 22.2. The number of rotatable bonds is 14. The minimum Gasteiger partial charge on any atom is -0.345 e. The molecule has 1 amide bonds. The molecule has 9 aromatic rings. The third-order valence-corrected chi connectivity index (χ3v) is 21.6. The zero-order valence-electron chi connectivity index (χ0n) is 52.0. The standard InChI is InChI=1S/C18H20N2OS.C17H17N3OS.C16H19N3OS3.C16H18N2OS2/c1-18(2,3)15(21)11-22-17-19-10-13-9-8-12-6-4-5-7-14(12)16(13)20-17;1-17(2,3)14(21)10-22-16-19-9-11-8-18-13-7-5-4-6-12(13)15(11)20-16;1-4-19(2)12(20)9-23-16-17-7-10-5-6-11-8-22-15(21-3)13(11)14(10)18-16;1-16(2,3)13(19)9-21-15-17-8-10-4-5-12-11(6-7-20-12)14(10)18-15/h4-7,10H,8-9,11H2,1-3H3;4-9H,10H2,1-3H3;7-8H,4-6,9H2,1-3H3;6-8H,4-5,9H2,1-3H3. The highest BCUT2D eigenvalue weighted by Gasteiger charge is 2.27. The van der Waals surface area contributed by atoms with Crippen LogP contribution >= 0.6 is 81.5 Å². The van der Waals surface area contributed by atoms with Crippen LogP contribution in [0.5, 0.6) is 0 Å². The highest BCUT2D eigenvalue weighted by Crippen LogP contribution is 2.43. The average molecular weight is 1310 g/mol. The number of thiophene rings is 2. The predicted octanol–water partition coefficient (Wildman–Crippen LogP) is 15.4. The minimum absolute atomic E-state index is 0.111. The van der Waals surface area contributed by atoms with Crippen molar-refractivity contribution in [2.75, 3.05) is 42.9 Å². The summed E-state index contributed by atoms with van der Waals surface area (Å²) in [4.78, 5) is 91.9. The van der Waals surface area contributed by atoms with Gasteiger partial charge >= 0.3 is 0 Å². The highest BCUT2D eigenvalue weighted by molar-refractivity contribution is 8.01. The molecule has 0 spiro atoms. The minimum atomic E-state index is -0.333. The van der Waals surface area contributed by atoms with Crippen molar-refractivity contribution >= 4 is 127 Å². The molecule has 0 aliphatic heterocycles. The zero-order chi connectivity index (χ0) is 62.9. The van der Waals surface area contributed by atoms with Crippen LogP contribution in [0, 0.1) is 16.2 Å². The van der Waals surface area contributed by atoms with Gasteiger partial charge in [-0.3, -0.25) is 24.2 Å². The first-order valence-corrected chi connectivity index (χ1v) is 36.1. The molecule has 14 nitrogen and oxygen atoms in total. The molecular weight excluding hydrogens is 1230 g/mol. The number of aromatic nitrogens is 9. The van der Waals surface area contributed by atoms with E-state index < -0.39 is 0 Å². The summed E-state index contributed by atoms with van der Waals surface area (Å²) in [5.41, 5.74) is 14.1.